The van der Waals surface area contributed by atoms with Gasteiger partial charge >= 0.3 is 5.97 Å². The van der Waals surface area contributed by atoms with E-state index in [0.717, 1.165) is 14.7 Å². The third-order valence-corrected chi connectivity index (χ3v) is 6.02. The van der Waals surface area contributed by atoms with Crippen molar-refractivity contribution in [2.75, 3.05) is 0 Å². The van der Waals surface area contributed by atoms with E-state index in [-0.39, 0.29) is 11.6 Å². The SMILES string of the molecule is O=C1OC(c2cc(I)ccc2Cl)=N/C1=C\c1ccccc1OCc1ccc(I)cc1. The average Bonchev–Trinajstić information content (AvgIpc) is 3.10. The number of hydrogen-bond donors (Lipinski definition) is 0. The van der Waals surface area contributed by atoms with Crippen LogP contribution in [-0.4, -0.2) is 11.9 Å². The third kappa shape index (κ3) is 5.04. The molecule has 3 aromatic carbocycles. The number of carbonyl (C=O) groups excluding carboxylic acids is 1. The molecule has 0 bridgehead atoms. The number of carbonyl (C=O) groups is 1. The first-order valence-corrected chi connectivity index (χ1v) is 11.5. The summed E-state index contributed by atoms with van der Waals surface area (Å²) in [5, 5.41) is 0.476. The summed E-state index contributed by atoms with van der Waals surface area (Å²) >= 11 is 10.7. The van der Waals surface area contributed by atoms with Gasteiger partial charge in [0, 0.05) is 12.7 Å². The highest BCUT2D eigenvalue weighted by Crippen LogP contribution is 2.28. The fraction of sp³-hybridized carbons (Fsp3) is 0.0435. The quantitative estimate of drug-likeness (QED) is 0.182. The van der Waals surface area contributed by atoms with Gasteiger partial charge in [-0.05, 0) is 93.2 Å². The first-order chi connectivity index (χ1) is 14.5. The normalized spacial score (nSPS) is 14.6. The van der Waals surface area contributed by atoms with E-state index in [1.807, 2.05) is 60.7 Å². The van der Waals surface area contributed by atoms with Crippen LogP contribution in [0, 0.1) is 7.14 Å². The van der Waals surface area contributed by atoms with E-state index in [4.69, 9.17) is 21.1 Å². The van der Waals surface area contributed by atoms with Crippen LogP contribution in [-0.2, 0) is 16.1 Å². The molecule has 7 heteroatoms. The Hall–Kier alpha value is -1.91. The summed E-state index contributed by atoms with van der Waals surface area (Å²) in [6, 6.07) is 21.1. The lowest BCUT2D eigenvalue weighted by Gasteiger charge is -2.09. The zero-order valence-electron chi connectivity index (χ0n) is 15.4. The lowest BCUT2D eigenvalue weighted by molar-refractivity contribution is -0.129. The molecule has 0 spiro atoms. The monoisotopic (exact) mass is 641 g/mol. The van der Waals surface area contributed by atoms with E-state index in [1.54, 1.807) is 12.1 Å². The van der Waals surface area contributed by atoms with E-state index in [2.05, 4.69) is 50.2 Å². The average molecular weight is 642 g/mol. The van der Waals surface area contributed by atoms with Crippen LogP contribution in [0.15, 0.2) is 77.4 Å². The van der Waals surface area contributed by atoms with Crippen molar-refractivity contribution >= 4 is 74.7 Å². The zero-order chi connectivity index (χ0) is 21.1. The van der Waals surface area contributed by atoms with E-state index < -0.39 is 5.97 Å². The third-order valence-electron chi connectivity index (χ3n) is 4.30. The fourth-order valence-electron chi connectivity index (χ4n) is 2.81. The van der Waals surface area contributed by atoms with Gasteiger partial charge in [0.15, 0.2) is 5.70 Å². The van der Waals surface area contributed by atoms with Crippen LogP contribution in [0.3, 0.4) is 0 Å². The van der Waals surface area contributed by atoms with Crippen molar-refractivity contribution in [1.82, 2.24) is 0 Å². The number of ether oxygens (including phenoxy) is 2. The standard InChI is InChI=1S/C23H14ClI2NO3/c24-19-10-9-17(26)12-18(19)22-27-20(23(28)30-22)11-15-3-1-2-4-21(15)29-13-14-5-7-16(25)8-6-14/h1-12H,13H2/b20-11-. The molecule has 3 aromatic rings. The van der Waals surface area contributed by atoms with Gasteiger partial charge in [-0.1, -0.05) is 41.9 Å². The number of halogens is 3. The summed E-state index contributed by atoms with van der Waals surface area (Å²) in [6.45, 7) is 0.425. The van der Waals surface area contributed by atoms with Crippen molar-refractivity contribution in [2.45, 2.75) is 6.61 Å². The lowest BCUT2D eigenvalue weighted by atomic mass is 10.1. The lowest BCUT2D eigenvalue weighted by Crippen LogP contribution is -2.06. The molecule has 150 valence electrons. The van der Waals surface area contributed by atoms with Crippen LogP contribution < -0.4 is 4.74 Å². The second-order valence-corrected chi connectivity index (χ2v) is 9.31. The van der Waals surface area contributed by atoms with Gasteiger partial charge in [0.2, 0.25) is 5.90 Å². The number of esters is 1. The van der Waals surface area contributed by atoms with Gasteiger partial charge in [-0.15, -0.1) is 0 Å². The molecule has 0 saturated carbocycles. The predicted molar refractivity (Wildman–Crippen MR) is 135 cm³/mol. The van der Waals surface area contributed by atoms with Gasteiger partial charge in [-0.25, -0.2) is 9.79 Å². The van der Waals surface area contributed by atoms with Crippen molar-refractivity contribution in [3.8, 4) is 5.75 Å². The molecule has 0 fully saturated rings. The van der Waals surface area contributed by atoms with Gasteiger partial charge in [-0.2, -0.15) is 0 Å². The zero-order valence-corrected chi connectivity index (χ0v) is 20.5. The van der Waals surface area contributed by atoms with Crippen molar-refractivity contribution in [3.05, 3.63) is 101 Å². The second-order valence-electron chi connectivity index (χ2n) is 6.41. The van der Waals surface area contributed by atoms with Crippen LogP contribution in [0.1, 0.15) is 16.7 Å². The number of benzene rings is 3. The minimum atomic E-state index is -0.521. The molecule has 0 aromatic heterocycles. The van der Waals surface area contributed by atoms with Crippen LogP contribution in [0.25, 0.3) is 6.08 Å². The molecule has 1 aliphatic rings. The first-order valence-electron chi connectivity index (χ1n) is 8.94. The minimum absolute atomic E-state index is 0.199. The summed E-state index contributed by atoms with van der Waals surface area (Å²) in [4.78, 5) is 16.8. The Balaban J connectivity index is 1.60. The van der Waals surface area contributed by atoms with Gasteiger partial charge in [0.25, 0.3) is 0 Å². The van der Waals surface area contributed by atoms with E-state index in [1.165, 1.54) is 3.57 Å². The molecule has 1 aliphatic heterocycles. The Morgan fingerprint density at radius 2 is 1.73 bits per heavy atom. The largest absolute Gasteiger partial charge is 0.488 e. The highest BCUT2D eigenvalue weighted by Gasteiger charge is 2.26. The number of aliphatic imine (C=N–C) groups is 1. The molecule has 0 atom stereocenters. The minimum Gasteiger partial charge on any atom is -0.488 e. The van der Waals surface area contributed by atoms with E-state index in [9.17, 15) is 4.79 Å². The van der Waals surface area contributed by atoms with E-state index in [0.29, 0.717) is 22.9 Å². The smallest absolute Gasteiger partial charge is 0.363 e. The molecule has 0 N–H and O–H groups in total. The molecular formula is C23H14ClI2NO3. The maximum absolute atomic E-state index is 12.4. The Morgan fingerprint density at radius 3 is 2.53 bits per heavy atom. The summed E-state index contributed by atoms with van der Waals surface area (Å²) in [7, 11) is 0. The molecule has 0 saturated heterocycles. The van der Waals surface area contributed by atoms with Gasteiger partial charge in [0.1, 0.15) is 12.4 Å². The van der Waals surface area contributed by atoms with Gasteiger partial charge in [0.05, 0.1) is 10.6 Å². The molecule has 4 rings (SSSR count). The van der Waals surface area contributed by atoms with Crippen molar-refractivity contribution in [2.24, 2.45) is 4.99 Å². The summed E-state index contributed by atoms with van der Waals surface area (Å²) in [5.41, 5.74) is 2.59. The van der Waals surface area contributed by atoms with Crippen LogP contribution in [0.2, 0.25) is 5.02 Å². The first kappa shape index (κ1) is 21.3. The summed E-state index contributed by atoms with van der Waals surface area (Å²) < 4.78 is 13.5. The predicted octanol–water partition coefficient (Wildman–Crippen LogP) is 6.47. The number of para-hydroxylation sites is 1. The summed E-state index contributed by atoms with van der Waals surface area (Å²) in [6.07, 6.45) is 1.67. The molecular weight excluding hydrogens is 628 g/mol. The Morgan fingerprint density at radius 1 is 1.00 bits per heavy atom. The van der Waals surface area contributed by atoms with Crippen molar-refractivity contribution < 1.29 is 14.3 Å². The number of cyclic esters (lactones) is 1. The Bertz CT molecular complexity index is 1170. The van der Waals surface area contributed by atoms with Crippen LogP contribution in [0.5, 0.6) is 5.75 Å². The highest BCUT2D eigenvalue weighted by atomic mass is 127. The molecule has 30 heavy (non-hydrogen) atoms. The molecule has 0 aliphatic carbocycles. The molecule has 0 amide bonds. The molecule has 0 unspecified atom stereocenters. The second kappa shape index (κ2) is 9.49. The maximum Gasteiger partial charge on any atom is 0.363 e. The van der Waals surface area contributed by atoms with Crippen molar-refractivity contribution in [1.29, 1.82) is 0 Å². The number of rotatable bonds is 5. The van der Waals surface area contributed by atoms with Gasteiger partial charge in [-0.3, -0.25) is 0 Å². The molecule has 1 heterocycles. The Kier molecular flexibility index (Phi) is 6.74. The molecule has 0 radical (unpaired) electrons. The summed E-state index contributed by atoms with van der Waals surface area (Å²) in [5.74, 6) is 0.340. The molecule has 4 nitrogen and oxygen atoms in total. The maximum atomic E-state index is 12.4. The number of hydrogen-bond acceptors (Lipinski definition) is 4. The topological polar surface area (TPSA) is 47.9 Å². The van der Waals surface area contributed by atoms with Crippen LogP contribution >= 0.6 is 56.8 Å². The fourth-order valence-corrected chi connectivity index (χ4v) is 3.86. The van der Waals surface area contributed by atoms with Crippen molar-refractivity contribution in [3.63, 3.8) is 0 Å². The van der Waals surface area contributed by atoms with E-state index >= 15 is 0 Å². The van der Waals surface area contributed by atoms with Crippen LogP contribution in [0.4, 0.5) is 0 Å². The highest BCUT2D eigenvalue weighted by molar-refractivity contribution is 14.1. The Labute approximate surface area is 206 Å². The number of nitrogens with zero attached hydrogens (tertiary/aromatic N) is 1. The van der Waals surface area contributed by atoms with Gasteiger partial charge < -0.3 is 9.47 Å².